The number of anilines is 1. The lowest BCUT2D eigenvalue weighted by molar-refractivity contribution is 0.319. The molecule has 1 fully saturated rings. The molecule has 2 aromatic rings. The van der Waals surface area contributed by atoms with Crippen molar-refractivity contribution in [2.45, 2.75) is 20.3 Å². The largest absolute Gasteiger partial charge is 0.354 e. The van der Waals surface area contributed by atoms with Crippen molar-refractivity contribution in [2.24, 2.45) is 0 Å². The van der Waals surface area contributed by atoms with Gasteiger partial charge in [-0.25, -0.2) is 0 Å². The molecule has 0 spiro atoms. The molecule has 0 atom stereocenters. The molecule has 4 nitrogen and oxygen atoms in total. The van der Waals surface area contributed by atoms with E-state index in [0.717, 1.165) is 50.7 Å². The van der Waals surface area contributed by atoms with Crippen LogP contribution in [0.3, 0.4) is 0 Å². The van der Waals surface area contributed by atoms with Gasteiger partial charge >= 0.3 is 0 Å². The molecule has 0 amide bonds. The van der Waals surface area contributed by atoms with Crippen molar-refractivity contribution in [3.8, 4) is 0 Å². The minimum atomic E-state index is 0.969. The standard InChI is InChI=1S/C20H26N4/c1-17(15-19-7-4-3-5-8-19)16-23-11-6-12-24(14-13-23)20-10-9-18(2)21-22-20/h3-5,7-10,15H,6,11-14,16H2,1-2H3/b17-15+. The lowest BCUT2D eigenvalue weighted by Crippen LogP contribution is -2.32. The summed E-state index contributed by atoms with van der Waals surface area (Å²) in [6.45, 7) is 9.49. The summed E-state index contributed by atoms with van der Waals surface area (Å²) < 4.78 is 0. The minimum Gasteiger partial charge on any atom is -0.354 e. The Balaban J connectivity index is 1.57. The van der Waals surface area contributed by atoms with Crippen molar-refractivity contribution in [3.63, 3.8) is 0 Å². The average molecular weight is 322 g/mol. The zero-order chi connectivity index (χ0) is 16.8. The fourth-order valence-corrected chi connectivity index (χ4v) is 3.15. The zero-order valence-corrected chi connectivity index (χ0v) is 14.7. The maximum atomic E-state index is 4.33. The maximum Gasteiger partial charge on any atom is 0.151 e. The predicted octanol–water partition coefficient (Wildman–Crippen LogP) is 3.40. The van der Waals surface area contributed by atoms with Crippen LogP contribution in [0.15, 0.2) is 48.0 Å². The maximum absolute atomic E-state index is 4.33. The minimum absolute atomic E-state index is 0.969. The van der Waals surface area contributed by atoms with Gasteiger partial charge in [-0.05, 0) is 38.0 Å². The number of hydrogen-bond donors (Lipinski definition) is 0. The highest BCUT2D eigenvalue weighted by Crippen LogP contribution is 2.14. The van der Waals surface area contributed by atoms with Gasteiger partial charge in [-0.1, -0.05) is 42.0 Å². The van der Waals surface area contributed by atoms with Gasteiger partial charge in [-0.15, -0.1) is 5.10 Å². The van der Waals surface area contributed by atoms with Crippen molar-refractivity contribution in [3.05, 3.63) is 59.3 Å². The van der Waals surface area contributed by atoms with Crippen LogP contribution >= 0.6 is 0 Å². The normalized spacial score (nSPS) is 16.9. The van der Waals surface area contributed by atoms with E-state index in [1.807, 2.05) is 13.0 Å². The first-order chi connectivity index (χ1) is 11.7. The lowest BCUT2D eigenvalue weighted by atomic mass is 10.1. The molecule has 2 heterocycles. The molecule has 0 bridgehead atoms. The number of benzene rings is 1. The predicted molar refractivity (Wildman–Crippen MR) is 100 cm³/mol. The van der Waals surface area contributed by atoms with Gasteiger partial charge in [0.15, 0.2) is 5.82 Å². The Kier molecular flexibility index (Phi) is 5.59. The molecule has 0 saturated carbocycles. The molecule has 0 N–H and O–H groups in total. The molecule has 1 aliphatic rings. The van der Waals surface area contributed by atoms with Crippen LogP contribution in [0, 0.1) is 6.92 Å². The quantitative estimate of drug-likeness (QED) is 0.863. The molecular weight excluding hydrogens is 296 g/mol. The third kappa shape index (κ3) is 4.65. The van der Waals surface area contributed by atoms with Gasteiger partial charge < -0.3 is 4.90 Å². The summed E-state index contributed by atoms with van der Waals surface area (Å²) in [6.07, 6.45) is 3.45. The molecule has 0 aliphatic carbocycles. The van der Waals surface area contributed by atoms with Gasteiger partial charge in [-0.2, -0.15) is 5.10 Å². The van der Waals surface area contributed by atoms with Gasteiger partial charge in [-0.3, -0.25) is 4.90 Å². The smallest absolute Gasteiger partial charge is 0.151 e. The summed E-state index contributed by atoms with van der Waals surface area (Å²) in [5, 5.41) is 8.52. The Morgan fingerprint density at radius 1 is 1.00 bits per heavy atom. The summed E-state index contributed by atoms with van der Waals surface area (Å²) in [7, 11) is 0. The fraction of sp³-hybridized carbons (Fsp3) is 0.400. The van der Waals surface area contributed by atoms with Gasteiger partial charge in [0.25, 0.3) is 0 Å². The molecule has 126 valence electrons. The highest BCUT2D eigenvalue weighted by Gasteiger charge is 2.16. The monoisotopic (exact) mass is 322 g/mol. The van der Waals surface area contributed by atoms with Crippen LogP contribution in [0.2, 0.25) is 0 Å². The summed E-state index contributed by atoms with van der Waals surface area (Å²) >= 11 is 0. The third-order valence-electron chi connectivity index (χ3n) is 4.38. The van der Waals surface area contributed by atoms with Crippen LogP contribution in [0.4, 0.5) is 5.82 Å². The van der Waals surface area contributed by atoms with Gasteiger partial charge in [0.2, 0.25) is 0 Å². The Morgan fingerprint density at radius 3 is 2.58 bits per heavy atom. The van der Waals surface area contributed by atoms with Crippen molar-refractivity contribution in [1.29, 1.82) is 0 Å². The second-order valence-corrected chi connectivity index (χ2v) is 6.55. The van der Waals surface area contributed by atoms with Gasteiger partial charge in [0.1, 0.15) is 0 Å². The lowest BCUT2D eigenvalue weighted by Gasteiger charge is -2.22. The van der Waals surface area contributed by atoms with Crippen LogP contribution in [-0.2, 0) is 0 Å². The average Bonchev–Trinajstić information content (AvgIpc) is 2.82. The first kappa shape index (κ1) is 16.7. The SMILES string of the molecule is C/C(=C\c1ccccc1)CN1CCCN(c2ccc(C)nn2)CC1. The van der Waals surface area contributed by atoms with E-state index in [0.29, 0.717) is 0 Å². The molecule has 1 aromatic heterocycles. The van der Waals surface area contributed by atoms with Gasteiger partial charge in [0.05, 0.1) is 5.69 Å². The Labute approximate surface area is 144 Å². The van der Waals surface area contributed by atoms with E-state index >= 15 is 0 Å². The number of aryl methyl sites for hydroxylation is 1. The number of hydrogen-bond acceptors (Lipinski definition) is 4. The van der Waals surface area contributed by atoms with Crippen molar-refractivity contribution < 1.29 is 0 Å². The molecule has 4 heteroatoms. The van der Waals surface area contributed by atoms with Crippen LogP contribution in [0.1, 0.15) is 24.6 Å². The Hall–Kier alpha value is -2.20. The highest BCUT2D eigenvalue weighted by atomic mass is 15.3. The number of rotatable bonds is 4. The van der Waals surface area contributed by atoms with E-state index in [1.54, 1.807) is 0 Å². The fourth-order valence-electron chi connectivity index (χ4n) is 3.15. The Morgan fingerprint density at radius 2 is 1.83 bits per heavy atom. The van der Waals surface area contributed by atoms with E-state index in [4.69, 9.17) is 0 Å². The van der Waals surface area contributed by atoms with E-state index in [9.17, 15) is 0 Å². The summed E-state index contributed by atoms with van der Waals surface area (Å²) in [5.41, 5.74) is 3.66. The first-order valence-corrected chi connectivity index (χ1v) is 8.70. The molecule has 0 radical (unpaired) electrons. The molecule has 3 rings (SSSR count). The summed E-state index contributed by atoms with van der Waals surface area (Å²) in [4.78, 5) is 4.89. The van der Waals surface area contributed by atoms with Gasteiger partial charge in [0, 0.05) is 32.7 Å². The van der Waals surface area contributed by atoms with E-state index in [-0.39, 0.29) is 0 Å². The van der Waals surface area contributed by atoms with Crippen LogP contribution in [0.25, 0.3) is 6.08 Å². The highest BCUT2D eigenvalue weighted by molar-refractivity contribution is 5.52. The van der Waals surface area contributed by atoms with Crippen LogP contribution in [0.5, 0.6) is 0 Å². The first-order valence-electron chi connectivity index (χ1n) is 8.70. The third-order valence-corrected chi connectivity index (χ3v) is 4.38. The molecule has 1 aliphatic heterocycles. The topological polar surface area (TPSA) is 32.3 Å². The molecular formula is C20H26N4. The van der Waals surface area contributed by atoms with E-state index in [2.05, 4.69) is 69.4 Å². The molecule has 1 saturated heterocycles. The number of nitrogens with zero attached hydrogens (tertiary/aromatic N) is 4. The Bertz CT molecular complexity index is 664. The van der Waals surface area contributed by atoms with E-state index < -0.39 is 0 Å². The second-order valence-electron chi connectivity index (χ2n) is 6.55. The van der Waals surface area contributed by atoms with Crippen LogP contribution < -0.4 is 4.90 Å². The number of aromatic nitrogens is 2. The van der Waals surface area contributed by atoms with E-state index in [1.165, 1.54) is 11.1 Å². The summed E-state index contributed by atoms with van der Waals surface area (Å²) in [5.74, 6) is 0.999. The van der Waals surface area contributed by atoms with Crippen molar-refractivity contribution >= 4 is 11.9 Å². The molecule has 1 aromatic carbocycles. The summed E-state index contributed by atoms with van der Waals surface area (Å²) in [6, 6.07) is 14.7. The second kappa shape index (κ2) is 8.06. The molecule has 0 unspecified atom stereocenters. The zero-order valence-electron chi connectivity index (χ0n) is 14.7. The van der Waals surface area contributed by atoms with Crippen LogP contribution in [-0.4, -0.2) is 47.8 Å². The van der Waals surface area contributed by atoms with Crippen molar-refractivity contribution in [2.75, 3.05) is 37.6 Å². The van der Waals surface area contributed by atoms with Crippen molar-refractivity contribution in [1.82, 2.24) is 15.1 Å². The molecule has 24 heavy (non-hydrogen) atoms.